The SMILES string of the molecule is CC[C@]1(CCO)CCCN([C@H](CO)c2ccccc2)C1. The van der Waals surface area contributed by atoms with E-state index in [0.29, 0.717) is 0 Å². The summed E-state index contributed by atoms with van der Waals surface area (Å²) in [7, 11) is 0. The highest BCUT2D eigenvalue weighted by molar-refractivity contribution is 5.19. The van der Waals surface area contributed by atoms with Gasteiger partial charge >= 0.3 is 0 Å². The molecule has 1 heterocycles. The first-order chi connectivity index (χ1) is 9.74. The monoisotopic (exact) mass is 277 g/mol. The Kier molecular flexibility index (Phi) is 5.58. The number of aliphatic hydroxyl groups excluding tert-OH is 2. The van der Waals surface area contributed by atoms with Crippen molar-refractivity contribution in [2.24, 2.45) is 5.41 Å². The molecule has 0 radical (unpaired) electrons. The van der Waals surface area contributed by atoms with Gasteiger partial charge in [-0.1, -0.05) is 37.3 Å². The standard InChI is InChI=1S/C17H27NO2/c1-2-17(10-12-19)9-6-11-18(14-17)16(13-20)15-7-4-3-5-8-15/h3-5,7-8,16,19-20H,2,6,9-14H2,1H3/t16-,17-/m1/s1. The van der Waals surface area contributed by atoms with E-state index >= 15 is 0 Å². The summed E-state index contributed by atoms with van der Waals surface area (Å²) in [5.74, 6) is 0. The molecular formula is C17H27NO2. The third-order valence-corrected chi connectivity index (χ3v) is 4.88. The molecule has 20 heavy (non-hydrogen) atoms. The zero-order valence-electron chi connectivity index (χ0n) is 12.5. The highest BCUT2D eigenvalue weighted by atomic mass is 16.3. The maximum atomic E-state index is 9.81. The zero-order chi connectivity index (χ0) is 14.4. The van der Waals surface area contributed by atoms with E-state index in [4.69, 9.17) is 0 Å². The molecule has 2 rings (SSSR count). The highest BCUT2D eigenvalue weighted by Gasteiger charge is 2.36. The molecule has 0 saturated carbocycles. The van der Waals surface area contributed by atoms with Crippen molar-refractivity contribution in [1.29, 1.82) is 0 Å². The van der Waals surface area contributed by atoms with Gasteiger partial charge in [0.25, 0.3) is 0 Å². The summed E-state index contributed by atoms with van der Waals surface area (Å²) in [4.78, 5) is 2.40. The molecule has 1 aliphatic heterocycles. The fourth-order valence-electron chi connectivity index (χ4n) is 3.53. The van der Waals surface area contributed by atoms with Gasteiger partial charge in [0.1, 0.15) is 0 Å². The van der Waals surface area contributed by atoms with E-state index in [2.05, 4.69) is 24.0 Å². The maximum absolute atomic E-state index is 9.81. The largest absolute Gasteiger partial charge is 0.396 e. The summed E-state index contributed by atoms with van der Waals surface area (Å²) in [6, 6.07) is 10.3. The van der Waals surface area contributed by atoms with Gasteiger partial charge in [0.05, 0.1) is 12.6 Å². The van der Waals surface area contributed by atoms with Gasteiger partial charge in [-0.2, -0.15) is 0 Å². The normalized spacial score (nSPS) is 25.6. The van der Waals surface area contributed by atoms with Crippen LogP contribution in [0.3, 0.4) is 0 Å². The van der Waals surface area contributed by atoms with Crippen LogP contribution in [0.4, 0.5) is 0 Å². The van der Waals surface area contributed by atoms with Crippen LogP contribution in [0.1, 0.15) is 44.2 Å². The molecule has 1 saturated heterocycles. The molecule has 0 spiro atoms. The van der Waals surface area contributed by atoms with Crippen molar-refractivity contribution in [3.05, 3.63) is 35.9 Å². The van der Waals surface area contributed by atoms with Crippen molar-refractivity contribution in [2.45, 2.75) is 38.6 Å². The Balaban J connectivity index is 2.14. The molecule has 1 aliphatic rings. The Bertz CT molecular complexity index is 391. The van der Waals surface area contributed by atoms with Gasteiger partial charge in [0.2, 0.25) is 0 Å². The van der Waals surface area contributed by atoms with Crippen LogP contribution in [-0.2, 0) is 0 Å². The molecule has 2 atom stereocenters. The van der Waals surface area contributed by atoms with Gasteiger partial charge in [-0.05, 0) is 43.2 Å². The Morgan fingerprint density at radius 3 is 2.60 bits per heavy atom. The van der Waals surface area contributed by atoms with Crippen molar-refractivity contribution in [1.82, 2.24) is 4.90 Å². The Hall–Kier alpha value is -0.900. The van der Waals surface area contributed by atoms with Crippen LogP contribution in [0.5, 0.6) is 0 Å². The summed E-state index contributed by atoms with van der Waals surface area (Å²) in [6.45, 7) is 4.65. The minimum Gasteiger partial charge on any atom is -0.396 e. The lowest BCUT2D eigenvalue weighted by Gasteiger charge is -2.45. The first kappa shape index (κ1) is 15.5. The number of rotatable bonds is 6. The van der Waals surface area contributed by atoms with Crippen molar-refractivity contribution >= 4 is 0 Å². The Morgan fingerprint density at radius 2 is 2.00 bits per heavy atom. The zero-order valence-corrected chi connectivity index (χ0v) is 12.5. The average molecular weight is 277 g/mol. The van der Waals surface area contributed by atoms with Gasteiger partial charge in [0.15, 0.2) is 0 Å². The van der Waals surface area contributed by atoms with Crippen molar-refractivity contribution in [3.63, 3.8) is 0 Å². The van der Waals surface area contributed by atoms with Gasteiger partial charge in [-0.3, -0.25) is 4.90 Å². The van der Waals surface area contributed by atoms with Crippen LogP contribution in [0.15, 0.2) is 30.3 Å². The second-order valence-electron chi connectivity index (χ2n) is 6.01. The lowest BCUT2D eigenvalue weighted by Crippen LogP contribution is -2.46. The molecule has 1 fully saturated rings. The number of nitrogens with zero attached hydrogens (tertiary/aromatic N) is 1. The number of piperidine rings is 1. The lowest BCUT2D eigenvalue weighted by molar-refractivity contribution is 0.0158. The Labute approximate surface area is 122 Å². The molecule has 0 aromatic heterocycles. The molecule has 0 aliphatic carbocycles. The van der Waals surface area contributed by atoms with Crippen LogP contribution in [0.25, 0.3) is 0 Å². The van der Waals surface area contributed by atoms with Crippen molar-refractivity contribution in [3.8, 4) is 0 Å². The second-order valence-corrected chi connectivity index (χ2v) is 6.01. The molecule has 0 amide bonds. The molecule has 0 unspecified atom stereocenters. The quantitative estimate of drug-likeness (QED) is 0.840. The van der Waals surface area contributed by atoms with Crippen molar-refractivity contribution < 1.29 is 10.2 Å². The first-order valence-corrected chi connectivity index (χ1v) is 7.75. The third-order valence-electron chi connectivity index (χ3n) is 4.88. The van der Waals surface area contributed by atoms with Crippen LogP contribution in [0.2, 0.25) is 0 Å². The molecule has 3 nitrogen and oxygen atoms in total. The van der Waals surface area contributed by atoms with E-state index in [1.165, 1.54) is 12.0 Å². The summed E-state index contributed by atoms with van der Waals surface area (Å²) in [5, 5.41) is 19.2. The summed E-state index contributed by atoms with van der Waals surface area (Å²) in [6.07, 6.45) is 4.30. The summed E-state index contributed by atoms with van der Waals surface area (Å²) < 4.78 is 0. The van der Waals surface area contributed by atoms with Crippen LogP contribution in [0, 0.1) is 5.41 Å². The minimum absolute atomic E-state index is 0.0844. The predicted molar refractivity (Wildman–Crippen MR) is 81.5 cm³/mol. The van der Waals surface area contributed by atoms with Gasteiger partial charge in [-0.15, -0.1) is 0 Å². The maximum Gasteiger partial charge on any atom is 0.0628 e. The molecular weight excluding hydrogens is 250 g/mol. The lowest BCUT2D eigenvalue weighted by atomic mass is 9.74. The first-order valence-electron chi connectivity index (χ1n) is 7.75. The fourth-order valence-corrected chi connectivity index (χ4v) is 3.53. The predicted octanol–water partition coefficient (Wildman–Crippen LogP) is 2.59. The van der Waals surface area contributed by atoms with E-state index < -0.39 is 0 Å². The van der Waals surface area contributed by atoms with E-state index in [1.807, 2.05) is 18.2 Å². The number of benzene rings is 1. The molecule has 1 aromatic carbocycles. The highest BCUT2D eigenvalue weighted by Crippen LogP contribution is 2.39. The molecule has 0 bridgehead atoms. The topological polar surface area (TPSA) is 43.7 Å². The second kappa shape index (κ2) is 7.21. The van der Waals surface area contributed by atoms with Crippen LogP contribution in [-0.4, -0.2) is 41.4 Å². The molecule has 1 aromatic rings. The molecule has 3 heteroatoms. The van der Waals surface area contributed by atoms with Gasteiger partial charge in [-0.25, -0.2) is 0 Å². The summed E-state index contributed by atoms with van der Waals surface area (Å²) >= 11 is 0. The number of hydrogen-bond acceptors (Lipinski definition) is 3. The van der Waals surface area contributed by atoms with E-state index in [1.54, 1.807) is 0 Å². The van der Waals surface area contributed by atoms with Crippen molar-refractivity contribution in [2.75, 3.05) is 26.3 Å². The number of hydrogen-bond donors (Lipinski definition) is 2. The summed E-state index contributed by atoms with van der Waals surface area (Å²) in [5.41, 5.74) is 1.40. The minimum atomic E-state index is 0.0844. The van der Waals surface area contributed by atoms with E-state index in [0.717, 1.165) is 32.4 Å². The fraction of sp³-hybridized carbons (Fsp3) is 0.647. The Morgan fingerprint density at radius 1 is 1.25 bits per heavy atom. The smallest absolute Gasteiger partial charge is 0.0628 e. The van der Waals surface area contributed by atoms with Crippen LogP contribution >= 0.6 is 0 Å². The third kappa shape index (κ3) is 3.40. The molecule has 112 valence electrons. The number of aliphatic hydroxyl groups is 2. The van der Waals surface area contributed by atoms with E-state index in [-0.39, 0.29) is 24.7 Å². The van der Waals surface area contributed by atoms with Crippen LogP contribution < -0.4 is 0 Å². The van der Waals surface area contributed by atoms with E-state index in [9.17, 15) is 10.2 Å². The van der Waals surface area contributed by atoms with Gasteiger partial charge < -0.3 is 10.2 Å². The molecule has 2 N–H and O–H groups in total. The number of likely N-dealkylation sites (tertiary alicyclic amines) is 1. The van der Waals surface area contributed by atoms with Gasteiger partial charge in [0, 0.05) is 13.2 Å². The average Bonchev–Trinajstić information content (AvgIpc) is 2.50.